The van der Waals surface area contributed by atoms with Gasteiger partial charge in [-0.15, -0.1) is 11.8 Å². The quantitative estimate of drug-likeness (QED) is 0.320. The second-order valence-electron chi connectivity index (χ2n) is 6.19. The summed E-state index contributed by atoms with van der Waals surface area (Å²) < 4.78 is 7.83. The third-order valence-electron chi connectivity index (χ3n) is 4.55. The van der Waals surface area contributed by atoms with Crippen LogP contribution in [0, 0.1) is 0 Å². The van der Waals surface area contributed by atoms with Crippen LogP contribution in [0.15, 0.2) is 66.1 Å². The van der Waals surface area contributed by atoms with Gasteiger partial charge in [0.15, 0.2) is 0 Å². The first-order chi connectivity index (χ1) is 12.7. The predicted molar refractivity (Wildman–Crippen MR) is 109 cm³/mol. The molecule has 4 heteroatoms. The molecule has 3 aromatic rings. The van der Waals surface area contributed by atoms with Crippen molar-refractivity contribution < 1.29 is 9.53 Å². The Morgan fingerprint density at radius 2 is 2.00 bits per heavy atom. The summed E-state index contributed by atoms with van der Waals surface area (Å²) in [5, 5.41) is 1.12. The van der Waals surface area contributed by atoms with Crippen LogP contribution >= 0.6 is 11.8 Å². The summed E-state index contributed by atoms with van der Waals surface area (Å²) in [6, 6.07) is 16.2. The summed E-state index contributed by atoms with van der Waals surface area (Å²) in [4.78, 5) is 13.1. The number of carbonyl (C=O) groups excluding carboxylic acids is 1. The van der Waals surface area contributed by atoms with Gasteiger partial charge in [0.05, 0.1) is 5.92 Å². The summed E-state index contributed by atoms with van der Waals surface area (Å²) in [7, 11) is 2.03. The maximum absolute atomic E-state index is 12.0. The molecule has 0 N–H and O–H groups in total. The molecule has 26 heavy (non-hydrogen) atoms. The molecule has 0 saturated heterocycles. The average molecular weight is 365 g/mol. The Kier molecular flexibility index (Phi) is 5.84. The van der Waals surface area contributed by atoms with E-state index >= 15 is 0 Å². The fourth-order valence-corrected chi connectivity index (χ4v) is 4.24. The van der Waals surface area contributed by atoms with E-state index in [-0.39, 0.29) is 5.92 Å². The minimum Gasteiger partial charge on any atom is -0.490 e. The van der Waals surface area contributed by atoms with Gasteiger partial charge in [0.1, 0.15) is 18.6 Å². The first kappa shape index (κ1) is 18.3. The first-order valence-corrected chi connectivity index (χ1v) is 9.81. The van der Waals surface area contributed by atoms with Crippen molar-refractivity contribution in [2.45, 2.75) is 17.2 Å². The number of hydrogen-bond acceptors (Lipinski definition) is 3. The van der Waals surface area contributed by atoms with E-state index in [0.29, 0.717) is 13.0 Å². The Hall–Kier alpha value is -2.46. The number of aromatic nitrogens is 1. The van der Waals surface area contributed by atoms with E-state index in [1.807, 2.05) is 31.3 Å². The van der Waals surface area contributed by atoms with Crippen molar-refractivity contribution in [3.8, 4) is 5.75 Å². The van der Waals surface area contributed by atoms with Crippen LogP contribution in [0.1, 0.15) is 17.2 Å². The van der Waals surface area contributed by atoms with Gasteiger partial charge >= 0.3 is 0 Å². The fraction of sp³-hybridized carbons (Fsp3) is 0.227. The fourth-order valence-electron chi connectivity index (χ4n) is 3.36. The number of ether oxygens (including phenoxy) is 1. The van der Waals surface area contributed by atoms with Crippen molar-refractivity contribution in [3.05, 3.63) is 72.4 Å². The van der Waals surface area contributed by atoms with Crippen LogP contribution in [-0.2, 0) is 18.3 Å². The van der Waals surface area contributed by atoms with E-state index in [2.05, 4.69) is 41.7 Å². The molecule has 0 fully saturated rings. The molecule has 1 unspecified atom stereocenters. The molecule has 0 aliphatic rings. The van der Waals surface area contributed by atoms with Gasteiger partial charge in [-0.1, -0.05) is 43.0 Å². The number of thioether (sulfide) groups is 1. The number of carbonyl (C=O) groups is 1. The summed E-state index contributed by atoms with van der Waals surface area (Å²) in [6.45, 7) is 4.17. The van der Waals surface area contributed by atoms with Crippen molar-refractivity contribution in [3.63, 3.8) is 0 Å². The molecule has 0 bridgehead atoms. The second-order valence-corrected chi connectivity index (χ2v) is 7.00. The monoisotopic (exact) mass is 365 g/mol. The maximum atomic E-state index is 12.0. The predicted octanol–water partition coefficient (Wildman–Crippen LogP) is 4.99. The van der Waals surface area contributed by atoms with Gasteiger partial charge in [-0.05, 0) is 36.4 Å². The van der Waals surface area contributed by atoms with Gasteiger partial charge in [0.25, 0.3) is 0 Å². The lowest BCUT2D eigenvalue weighted by Crippen LogP contribution is -2.10. The van der Waals surface area contributed by atoms with E-state index in [1.165, 1.54) is 0 Å². The van der Waals surface area contributed by atoms with Gasteiger partial charge in [-0.3, -0.25) is 0 Å². The van der Waals surface area contributed by atoms with Gasteiger partial charge in [-0.25, -0.2) is 0 Å². The van der Waals surface area contributed by atoms with Crippen molar-refractivity contribution >= 4 is 29.0 Å². The number of aldehydes is 1. The summed E-state index contributed by atoms with van der Waals surface area (Å²) in [5.74, 6) is 0.630. The van der Waals surface area contributed by atoms with Gasteiger partial charge in [0, 0.05) is 28.5 Å². The first-order valence-electron chi connectivity index (χ1n) is 8.58. The zero-order valence-corrected chi connectivity index (χ0v) is 16.0. The highest BCUT2D eigenvalue weighted by Crippen LogP contribution is 2.38. The molecule has 1 aromatic heterocycles. The van der Waals surface area contributed by atoms with E-state index in [9.17, 15) is 4.79 Å². The van der Waals surface area contributed by atoms with Crippen LogP contribution in [0.25, 0.3) is 10.9 Å². The normalized spacial score (nSPS) is 12.1. The average Bonchev–Trinajstić information content (AvgIpc) is 2.96. The van der Waals surface area contributed by atoms with Gasteiger partial charge in [-0.2, -0.15) is 0 Å². The van der Waals surface area contributed by atoms with Crippen molar-refractivity contribution in [1.29, 1.82) is 0 Å². The molecule has 3 rings (SSSR count). The molecular weight excluding hydrogens is 342 g/mol. The van der Waals surface area contributed by atoms with Crippen molar-refractivity contribution in [2.75, 3.05) is 12.9 Å². The van der Waals surface area contributed by atoms with E-state index < -0.39 is 0 Å². The Balaban J connectivity index is 2.07. The molecular formula is C22H23NO2S. The molecule has 0 saturated carbocycles. The van der Waals surface area contributed by atoms with E-state index in [1.54, 1.807) is 17.8 Å². The standard InChI is InChI=1S/C22H23NO2S/c1-4-12-25-18-10-11-20-19(14-18)22(26-3)21(23(20)2)17(15-24)13-16-8-6-5-7-9-16/h4-11,14-15,17H,1,12-13H2,2-3H3. The molecule has 0 aliphatic carbocycles. The van der Waals surface area contributed by atoms with Crippen molar-refractivity contribution in [1.82, 2.24) is 4.57 Å². The van der Waals surface area contributed by atoms with Crippen molar-refractivity contribution in [2.24, 2.45) is 7.05 Å². The Bertz CT molecular complexity index is 915. The highest BCUT2D eigenvalue weighted by atomic mass is 32.2. The largest absolute Gasteiger partial charge is 0.490 e. The lowest BCUT2D eigenvalue weighted by Gasteiger charge is -2.14. The van der Waals surface area contributed by atoms with Gasteiger partial charge < -0.3 is 14.1 Å². The van der Waals surface area contributed by atoms with Crippen LogP contribution in [0.3, 0.4) is 0 Å². The number of fused-ring (bicyclic) bond motifs is 1. The summed E-state index contributed by atoms with van der Waals surface area (Å²) in [5.41, 5.74) is 3.33. The van der Waals surface area contributed by atoms with Gasteiger partial charge in [0.2, 0.25) is 0 Å². The molecule has 0 radical (unpaired) electrons. The number of nitrogens with zero attached hydrogens (tertiary/aromatic N) is 1. The van der Waals surface area contributed by atoms with Crippen LogP contribution in [-0.4, -0.2) is 23.7 Å². The lowest BCUT2D eigenvalue weighted by molar-refractivity contribution is -0.109. The lowest BCUT2D eigenvalue weighted by atomic mass is 9.97. The van der Waals surface area contributed by atoms with Crippen LogP contribution < -0.4 is 4.74 Å². The summed E-state index contributed by atoms with van der Waals surface area (Å²) in [6.07, 6.45) is 5.55. The molecule has 0 spiro atoms. The Morgan fingerprint density at radius 3 is 2.65 bits per heavy atom. The van der Waals surface area contributed by atoms with E-state index in [0.717, 1.165) is 39.1 Å². The smallest absolute Gasteiger partial charge is 0.129 e. The van der Waals surface area contributed by atoms with E-state index in [4.69, 9.17) is 4.74 Å². The highest BCUT2D eigenvalue weighted by molar-refractivity contribution is 7.98. The minimum absolute atomic E-state index is 0.185. The third kappa shape index (κ3) is 3.56. The topological polar surface area (TPSA) is 31.2 Å². The molecule has 1 heterocycles. The number of aryl methyl sites for hydroxylation is 1. The van der Waals surface area contributed by atoms with Crippen LogP contribution in [0.5, 0.6) is 5.75 Å². The highest BCUT2D eigenvalue weighted by Gasteiger charge is 2.23. The number of benzene rings is 2. The molecule has 0 aliphatic heterocycles. The molecule has 1 atom stereocenters. The molecule has 2 aromatic carbocycles. The zero-order chi connectivity index (χ0) is 18.5. The summed E-state index contributed by atoms with van der Waals surface area (Å²) >= 11 is 1.68. The number of hydrogen-bond donors (Lipinski definition) is 0. The van der Waals surface area contributed by atoms with Crippen LogP contribution in [0.4, 0.5) is 0 Å². The SMILES string of the molecule is C=CCOc1ccc2c(c1)c(SC)c(C(C=O)Cc1ccccc1)n2C. The Morgan fingerprint density at radius 1 is 1.23 bits per heavy atom. The third-order valence-corrected chi connectivity index (χ3v) is 5.39. The minimum atomic E-state index is -0.185. The molecule has 3 nitrogen and oxygen atoms in total. The van der Waals surface area contributed by atoms with Crippen LogP contribution in [0.2, 0.25) is 0 Å². The maximum Gasteiger partial charge on any atom is 0.129 e. The molecule has 0 amide bonds. The zero-order valence-electron chi connectivity index (χ0n) is 15.1. The Labute approximate surface area is 158 Å². The number of rotatable bonds is 8. The second kappa shape index (κ2) is 8.28. The molecule has 134 valence electrons.